The van der Waals surface area contributed by atoms with Gasteiger partial charge in [0.25, 0.3) is 0 Å². The molecule has 114 valence electrons. The minimum absolute atomic E-state index is 0.0225. The van der Waals surface area contributed by atoms with Crippen molar-refractivity contribution in [1.29, 1.82) is 0 Å². The number of hydrogen-bond acceptors (Lipinski definition) is 4. The Morgan fingerprint density at radius 1 is 1.20 bits per heavy atom. The third-order valence-corrected chi connectivity index (χ3v) is 4.17. The topological polar surface area (TPSA) is 64.6 Å². The van der Waals surface area contributed by atoms with Crippen molar-refractivity contribution < 1.29 is 19.1 Å². The van der Waals surface area contributed by atoms with Gasteiger partial charge in [-0.1, -0.05) is 12.8 Å². The molecule has 2 unspecified atom stereocenters. The first-order valence-electron chi connectivity index (χ1n) is 7.72. The molecule has 20 heavy (non-hydrogen) atoms. The van der Waals surface area contributed by atoms with E-state index in [4.69, 9.17) is 9.47 Å². The van der Waals surface area contributed by atoms with E-state index in [2.05, 4.69) is 5.32 Å². The van der Waals surface area contributed by atoms with Crippen LogP contribution in [0.3, 0.4) is 0 Å². The molecule has 1 aliphatic carbocycles. The van der Waals surface area contributed by atoms with E-state index in [1.807, 2.05) is 0 Å². The first-order valence-corrected chi connectivity index (χ1v) is 7.72. The van der Waals surface area contributed by atoms with Gasteiger partial charge >= 0.3 is 5.97 Å². The molecule has 1 amide bonds. The van der Waals surface area contributed by atoms with Crippen molar-refractivity contribution in [3.8, 4) is 0 Å². The Kier molecular flexibility index (Phi) is 5.83. The maximum absolute atomic E-state index is 12.2. The van der Waals surface area contributed by atoms with Gasteiger partial charge in [0, 0.05) is 13.5 Å². The lowest BCUT2D eigenvalue weighted by molar-refractivity contribution is -0.154. The van der Waals surface area contributed by atoms with Crippen molar-refractivity contribution in [3.63, 3.8) is 0 Å². The molecule has 2 aliphatic rings. The third-order valence-electron chi connectivity index (χ3n) is 4.17. The number of hydrogen-bond donors (Lipinski definition) is 1. The molecule has 5 heteroatoms. The second kappa shape index (κ2) is 7.62. The van der Waals surface area contributed by atoms with Crippen molar-refractivity contribution in [3.05, 3.63) is 0 Å². The number of rotatable bonds is 5. The SMILES string of the molecule is CC(=O)NC(C(=O)OCC1CCCCO1)C1CCCC1. The summed E-state index contributed by atoms with van der Waals surface area (Å²) in [6.45, 7) is 2.50. The van der Waals surface area contributed by atoms with Crippen LogP contribution in [0.25, 0.3) is 0 Å². The van der Waals surface area contributed by atoms with Crippen molar-refractivity contribution in [2.24, 2.45) is 5.92 Å². The summed E-state index contributed by atoms with van der Waals surface area (Å²) in [5, 5.41) is 2.76. The molecule has 1 saturated heterocycles. The lowest BCUT2D eigenvalue weighted by atomic mass is 9.98. The monoisotopic (exact) mass is 283 g/mol. The van der Waals surface area contributed by atoms with Gasteiger partial charge in [-0.2, -0.15) is 0 Å². The second-order valence-electron chi connectivity index (χ2n) is 5.84. The molecular weight excluding hydrogens is 258 g/mol. The zero-order valence-corrected chi connectivity index (χ0v) is 12.2. The van der Waals surface area contributed by atoms with Crippen LogP contribution in [0, 0.1) is 5.92 Å². The van der Waals surface area contributed by atoms with Crippen LogP contribution >= 0.6 is 0 Å². The van der Waals surface area contributed by atoms with E-state index >= 15 is 0 Å². The lowest BCUT2D eigenvalue weighted by Crippen LogP contribution is -2.46. The summed E-state index contributed by atoms with van der Waals surface area (Å²) in [6.07, 6.45) is 7.40. The van der Waals surface area contributed by atoms with E-state index in [1.165, 1.54) is 6.92 Å². The number of carbonyl (C=O) groups excluding carboxylic acids is 2. The lowest BCUT2D eigenvalue weighted by Gasteiger charge is -2.25. The average molecular weight is 283 g/mol. The highest BCUT2D eigenvalue weighted by Crippen LogP contribution is 2.28. The Bertz CT molecular complexity index is 333. The molecule has 2 atom stereocenters. The van der Waals surface area contributed by atoms with Gasteiger partial charge in [-0.3, -0.25) is 4.79 Å². The van der Waals surface area contributed by atoms with Crippen LogP contribution in [-0.2, 0) is 19.1 Å². The minimum Gasteiger partial charge on any atom is -0.461 e. The maximum atomic E-state index is 12.2. The van der Waals surface area contributed by atoms with Crippen LogP contribution in [-0.4, -0.2) is 37.2 Å². The number of esters is 1. The molecule has 0 aromatic carbocycles. The average Bonchev–Trinajstić information content (AvgIpc) is 2.97. The molecule has 1 saturated carbocycles. The van der Waals surface area contributed by atoms with Crippen LogP contribution in [0.1, 0.15) is 51.9 Å². The fourth-order valence-electron chi connectivity index (χ4n) is 3.08. The Labute approximate surface area is 120 Å². The van der Waals surface area contributed by atoms with E-state index in [1.54, 1.807) is 0 Å². The fourth-order valence-corrected chi connectivity index (χ4v) is 3.08. The number of nitrogens with one attached hydrogen (secondary N) is 1. The standard InChI is InChI=1S/C15H25NO4/c1-11(17)16-14(12-6-2-3-7-12)15(18)20-10-13-8-4-5-9-19-13/h12-14H,2-10H2,1H3,(H,16,17). The van der Waals surface area contributed by atoms with Gasteiger partial charge in [-0.15, -0.1) is 0 Å². The molecule has 1 N–H and O–H groups in total. The van der Waals surface area contributed by atoms with E-state index in [0.717, 1.165) is 51.6 Å². The molecule has 5 nitrogen and oxygen atoms in total. The van der Waals surface area contributed by atoms with Crippen molar-refractivity contribution in [2.75, 3.05) is 13.2 Å². The molecule has 2 fully saturated rings. The number of amides is 1. The molecule has 0 radical (unpaired) electrons. The van der Waals surface area contributed by atoms with Gasteiger partial charge in [-0.05, 0) is 38.0 Å². The molecule has 0 bridgehead atoms. The van der Waals surface area contributed by atoms with Crippen LogP contribution in [0.5, 0.6) is 0 Å². The summed E-state index contributed by atoms with van der Waals surface area (Å²) in [6, 6.07) is -0.487. The summed E-state index contributed by atoms with van der Waals surface area (Å²) in [5.41, 5.74) is 0. The van der Waals surface area contributed by atoms with Gasteiger partial charge in [0.2, 0.25) is 5.91 Å². The quantitative estimate of drug-likeness (QED) is 0.781. The first kappa shape index (κ1) is 15.3. The van der Waals surface area contributed by atoms with Gasteiger partial charge in [-0.25, -0.2) is 4.79 Å². The summed E-state index contributed by atoms with van der Waals surface area (Å²) >= 11 is 0. The predicted octanol–water partition coefficient (Wildman–Crippen LogP) is 1.79. The molecule has 0 aromatic heterocycles. The van der Waals surface area contributed by atoms with Gasteiger partial charge in [0.05, 0.1) is 6.10 Å². The Balaban J connectivity index is 1.83. The van der Waals surface area contributed by atoms with Crippen molar-refractivity contribution in [2.45, 2.75) is 64.0 Å². The van der Waals surface area contributed by atoms with Crippen molar-refractivity contribution in [1.82, 2.24) is 5.32 Å². The first-order chi connectivity index (χ1) is 9.66. The van der Waals surface area contributed by atoms with E-state index in [0.29, 0.717) is 6.61 Å². The molecule has 0 spiro atoms. The van der Waals surface area contributed by atoms with Crippen LogP contribution in [0.15, 0.2) is 0 Å². The molecular formula is C15H25NO4. The van der Waals surface area contributed by atoms with Crippen LogP contribution < -0.4 is 5.32 Å². The Morgan fingerprint density at radius 3 is 2.50 bits per heavy atom. The van der Waals surface area contributed by atoms with E-state index < -0.39 is 6.04 Å². The third kappa shape index (κ3) is 4.47. The van der Waals surface area contributed by atoms with Crippen LogP contribution in [0.2, 0.25) is 0 Å². The molecule has 1 heterocycles. The molecule has 0 aromatic rings. The Hall–Kier alpha value is -1.10. The van der Waals surface area contributed by atoms with Gasteiger partial charge in [0.1, 0.15) is 12.6 Å². The smallest absolute Gasteiger partial charge is 0.329 e. The maximum Gasteiger partial charge on any atom is 0.329 e. The second-order valence-corrected chi connectivity index (χ2v) is 5.84. The van der Waals surface area contributed by atoms with Gasteiger partial charge in [0.15, 0.2) is 0 Å². The summed E-state index contributed by atoms with van der Waals surface area (Å²) in [5.74, 6) is -0.257. The minimum atomic E-state index is -0.487. The highest BCUT2D eigenvalue weighted by atomic mass is 16.6. The number of ether oxygens (including phenoxy) is 2. The van der Waals surface area contributed by atoms with Gasteiger partial charge < -0.3 is 14.8 Å². The Morgan fingerprint density at radius 2 is 1.90 bits per heavy atom. The summed E-state index contributed by atoms with van der Waals surface area (Å²) in [7, 11) is 0. The van der Waals surface area contributed by atoms with E-state index in [-0.39, 0.29) is 23.9 Å². The molecule has 1 aliphatic heterocycles. The highest BCUT2D eigenvalue weighted by Gasteiger charge is 2.33. The zero-order chi connectivity index (χ0) is 14.4. The molecule has 2 rings (SSSR count). The predicted molar refractivity (Wildman–Crippen MR) is 74.1 cm³/mol. The highest BCUT2D eigenvalue weighted by molar-refractivity contribution is 5.83. The fraction of sp³-hybridized carbons (Fsp3) is 0.867. The number of carbonyl (C=O) groups is 2. The summed E-state index contributed by atoms with van der Waals surface area (Å²) in [4.78, 5) is 23.5. The normalized spacial score (nSPS) is 25.1. The van der Waals surface area contributed by atoms with Crippen LogP contribution in [0.4, 0.5) is 0 Å². The van der Waals surface area contributed by atoms with Crippen molar-refractivity contribution >= 4 is 11.9 Å². The largest absolute Gasteiger partial charge is 0.461 e. The zero-order valence-electron chi connectivity index (χ0n) is 12.2. The summed E-state index contributed by atoms with van der Waals surface area (Å²) < 4.78 is 10.9. The van der Waals surface area contributed by atoms with E-state index in [9.17, 15) is 9.59 Å².